The Morgan fingerprint density at radius 2 is 2.17 bits per heavy atom. The highest BCUT2D eigenvalue weighted by atomic mass is 79.9. The van der Waals surface area contributed by atoms with E-state index in [9.17, 15) is 0 Å². The number of halogens is 1. The van der Waals surface area contributed by atoms with Gasteiger partial charge in [0.1, 0.15) is 0 Å². The van der Waals surface area contributed by atoms with Crippen LogP contribution >= 0.6 is 28.3 Å². The zero-order chi connectivity index (χ0) is 7.52. The zero-order valence-electron chi connectivity index (χ0n) is 6.82. The van der Waals surface area contributed by atoms with Gasteiger partial charge in [-0.25, -0.2) is 4.98 Å². The van der Waals surface area contributed by atoms with E-state index in [1.54, 1.807) is 11.3 Å². The fourth-order valence-corrected chi connectivity index (χ4v) is 2.18. The monoisotopic (exact) mass is 248 g/mol. The average molecular weight is 249 g/mol. The van der Waals surface area contributed by atoms with Crippen LogP contribution in [0.5, 0.6) is 0 Å². The SMILES string of the molecule is Br.c1nc(C2CCNCC2)cs1. The van der Waals surface area contributed by atoms with E-state index in [1.807, 2.05) is 5.51 Å². The molecule has 0 amide bonds. The first kappa shape index (κ1) is 10.2. The van der Waals surface area contributed by atoms with Crippen molar-refractivity contribution in [2.45, 2.75) is 18.8 Å². The smallest absolute Gasteiger partial charge is 0.0794 e. The van der Waals surface area contributed by atoms with Gasteiger partial charge in [0, 0.05) is 11.3 Å². The molecule has 0 saturated carbocycles. The van der Waals surface area contributed by atoms with Crippen LogP contribution < -0.4 is 5.32 Å². The standard InChI is InChI=1S/C8H12N2S.BrH/c1-3-9-4-2-7(1)8-5-11-6-10-8;/h5-7,9H,1-4H2;1H. The van der Waals surface area contributed by atoms with Crippen molar-refractivity contribution in [2.75, 3.05) is 13.1 Å². The lowest BCUT2D eigenvalue weighted by Crippen LogP contribution is -2.26. The molecule has 1 aliphatic rings. The Morgan fingerprint density at radius 3 is 2.75 bits per heavy atom. The molecular weight excluding hydrogens is 236 g/mol. The second-order valence-corrected chi connectivity index (χ2v) is 3.66. The molecule has 1 saturated heterocycles. The first-order valence-electron chi connectivity index (χ1n) is 4.05. The molecule has 0 radical (unpaired) electrons. The first-order chi connectivity index (χ1) is 5.47. The van der Waals surface area contributed by atoms with Crippen LogP contribution in [0.1, 0.15) is 24.5 Å². The van der Waals surface area contributed by atoms with Gasteiger partial charge in [-0.2, -0.15) is 0 Å². The third-order valence-electron chi connectivity index (χ3n) is 2.21. The quantitative estimate of drug-likeness (QED) is 0.825. The summed E-state index contributed by atoms with van der Waals surface area (Å²) in [6.45, 7) is 2.31. The molecule has 2 rings (SSSR count). The van der Waals surface area contributed by atoms with Crippen molar-refractivity contribution >= 4 is 28.3 Å². The van der Waals surface area contributed by atoms with Crippen LogP contribution in [0.3, 0.4) is 0 Å². The van der Waals surface area contributed by atoms with Gasteiger partial charge in [0.15, 0.2) is 0 Å². The molecule has 1 aliphatic heterocycles. The van der Waals surface area contributed by atoms with Crippen LogP contribution in [0.15, 0.2) is 10.9 Å². The van der Waals surface area contributed by atoms with Gasteiger partial charge in [-0.15, -0.1) is 28.3 Å². The minimum Gasteiger partial charge on any atom is -0.317 e. The maximum atomic E-state index is 4.33. The summed E-state index contributed by atoms with van der Waals surface area (Å²) < 4.78 is 0. The number of nitrogens with one attached hydrogen (secondary N) is 1. The summed E-state index contributed by atoms with van der Waals surface area (Å²) in [5, 5.41) is 5.53. The number of piperidine rings is 1. The van der Waals surface area contributed by atoms with E-state index in [4.69, 9.17) is 0 Å². The second-order valence-electron chi connectivity index (χ2n) is 2.94. The fourth-order valence-electron chi connectivity index (χ4n) is 1.54. The highest BCUT2D eigenvalue weighted by Gasteiger charge is 2.15. The van der Waals surface area contributed by atoms with Crippen LogP contribution in [0.4, 0.5) is 0 Å². The van der Waals surface area contributed by atoms with E-state index in [-0.39, 0.29) is 17.0 Å². The van der Waals surface area contributed by atoms with Gasteiger partial charge in [0.05, 0.1) is 11.2 Å². The lowest BCUT2D eigenvalue weighted by Gasteiger charge is -2.20. The van der Waals surface area contributed by atoms with Crippen LogP contribution in [-0.2, 0) is 0 Å². The lowest BCUT2D eigenvalue weighted by atomic mass is 9.96. The molecule has 0 aliphatic carbocycles. The van der Waals surface area contributed by atoms with Gasteiger partial charge in [-0.05, 0) is 25.9 Å². The van der Waals surface area contributed by atoms with E-state index < -0.39 is 0 Å². The molecule has 1 aromatic heterocycles. The predicted molar refractivity (Wildman–Crippen MR) is 57.3 cm³/mol. The van der Waals surface area contributed by atoms with Gasteiger partial charge in [-0.3, -0.25) is 0 Å². The molecule has 1 N–H and O–H groups in total. The molecule has 1 fully saturated rings. The summed E-state index contributed by atoms with van der Waals surface area (Å²) in [7, 11) is 0. The summed E-state index contributed by atoms with van der Waals surface area (Å²) in [5.74, 6) is 0.725. The Bertz CT molecular complexity index is 207. The zero-order valence-corrected chi connectivity index (χ0v) is 9.35. The van der Waals surface area contributed by atoms with Gasteiger partial charge < -0.3 is 5.32 Å². The molecule has 1 aromatic rings. The number of aromatic nitrogens is 1. The Labute approximate surface area is 87.2 Å². The van der Waals surface area contributed by atoms with Crippen molar-refractivity contribution in [1.29, 1.82) is 0 Å². The summed E-state index contributed by atoms with van der Waals surface area (Å²) in [6, 6.07) is 0. The highest BCUT2D eigenvalue weighted by Crippen LogP contribution is 2.24. The molecule has 0 aromatic carbocycles. The largest absolute Gasteiger partial charge is 0.317 e. The lowest BCUT2D eigenvalue weighted by molar-refractivity contribution is 0.454. The molecule has 68 valence electrons. The van der Waals surface area contributed by atoms with Crippen LogP contribution in [0.2, 0.25) is 0 Å². The normalized spacial score (nSPS) is 18.7. The molecule has 0 spiro atoms. The summed E-state index contributed by atoms with van der Waals surface area (Å²) in [4.78, 5) is 4.33. The molecule has 4 heteroatoms. The van der Waals surface area contributed by atoms with Crippen LogP contribution in [-0.4, -0.2) is 18.1 Å². The van der Waals surface area contributed by atoms with Gasteiger partial charge in [-0.1, -0.05) is 0 Å². The van der Waals surface area contributed by atoms with E-state index >= 15 is 0 Å². The molecule has 12 heavy (non-hydrogen) atoms. The topological polar surface area (TPSA) is 24.9 Å². The molecule has 2 nitrogen and oxygen atoms in total. The summed E-state index contributed by atoms with van der Waals surface area (Å²) >= 11 is 1.70. The number of rotatable bonds is 1. The van der Waals surface area contributed by atoms with E-state index in [2.05, 4.69) is 15.7 Å². The maximum Gasteiger partial charge on any atom is 0.0794 e. The predicted octanol–water partition coefficient (Wildman–Crippen LogP) is 2.19. The van der Waals surface area contributed by atoms with Crippen molar-refractivity contribution < 1.29 is 0 Å². The summed E-state index contributed by atoms with van der Waals surface area (Å²) in [5.41, 5.74) is 3.23. The van der Waals surface area contributed by atoms with Crippen LogP contribution in [0.25, 0.3) is 0 Å². The Morgan fingerprint density at radius 1 is 1.42 bits per heavy atom. The van der Waals surface area contributed by atoms with Crippen molar-refractivity contribution in [3.8, 4) is 0 Å². The van der Waals surface area contributed by atoms with Gasteiger partial charge >= 0.3 is 0 Å². The highest BCUT2D eigenvalue weighted by molar-refractivity contribution is 8.93. The Hall–Kier alpha value is 0.0700. The second kappa shape index (κ2) is 4.94. The van der Waals surface area contributed by atoms with E-state index in [0.29, 0.717) is 0 Å². The van der Waals surface area contributed by atoms with Crippen molar-refractivity contribution in [2.24, 2.45) is 0 Å². The minimum absolute atomic E-state index is 0. The maximum absolute atomic E-state index is 4.33. The Balaban J connectivity index is 0.000000720. The third kappa shape index (κ3) is 2.28. The van der Waals surface area contributed by atoms with E-state index in [1.165, 1.54) is 18.5 Å². The van der Waals surface area contributed by atoms with Crippen molar-refractivity contribution in [1.82, 2.24) is 10.3 Å². The molecule has 0 atom stereocenters. The first-order valence-corrected chi connectivity index (χ1v) is 5.00. The number of nitrogens with zero attached hydrogens (tertiary/aromatic N) is 1. The minimum atomic E-state index is 0. The third-order valence-corrected chi connectivity index (χ3v) is 2.81. The molecule has 0 unspecified atom stereocenters. The van der Waals surface area contributed by atoms with Crippen molar-refractivity contribution in [3.63, 3.8) is 0 Å². The van der Waals surface area contributed by atoms with E-state index in [0.717, 1.165) is 19.0 Å². The summed E-state index contributed by atoms with van der Waals surface area (Å²) in [6.07, 6.45) is 2.51. The number of hydrogen-bond donors (Lipinski definition) is 1. The fraction of sp³-hybridized carbons (Fsp3) is 0.625. The average Bonchev–Trinajstić information content (AvgIpc) is 2.58. The Kier molecular flexibility index (Phi) is 4.18. The van der Waals surface area contributed by atoms with Gasteiger partial charge in [0.25, 0.3) is 0 Å². The molecule has 0 bridgehead atoms. The van der Waals surface area contributed by atoms with Crippen LogP contribution in [0, 0.1) is 0 Å². The molecular formula is C8H13BrN2S. The number of thiazole rings is 1. The van der Waals surface area contributed by atoms with Gasteiger partial charge in [0.2, 0.25) is 0 Å². The number of hydrogen-bond acceptors (Lipinski definition) is 3. The molecule has 2 heterocycles. The van der Waals surface area contributed by atoms with Crippen molar-refractivity contribution in [3.05, 3.63) is 16.6 Å².